The van der Waals surface area contributed by atoms with Gasteiger partial charge in [-0.05, 0) is 42.8 Å². The van der Waals surface area contributed by atoms with Crippen LogP contribution in [0.3, 0.4) is 0 Å². The maximum Gasteiger partial charge on any atom is 0.268 e. The predicted molar refractivity (Wildman–Crippen MR) is 93.6 cm³/mol. The molecule has 0 spiro atoms. The molecule has 2 atom stereocenters. The number of hydrogen-bond acceptors (Lipinski definition) is 3. The van der Waals surface area contributed by atoms with Crippen molar-refractivity contribution in [3.05, 3.63) is 22.4 Å². The minimum atomic E-state index is -0.650. The number of nitrogens with one attached hydrogen (secondary N) is 1. The second-order valence-electron chi connectivity index (χ2n) is 7.11. The largest absolute Gasteiger partial charge is 0.394 e. The summed E-state index contributed by atoms with van der Waals surface area (Å²) in [5.41, 5.74) is -0.377. The van der Waals surface area contributed by atoms with Crippen LogP contribution in [0.2, 0.25) is 0 Å². The number of ether oxygens (including phenoxy) is 1. The summed E-state index contributed by atoms with van der Waals surface area (Å²) in [5.74, 6) is -0.165. The summed E-state index contributed by atoms with van der Waals surface area (Å²) < 4.78 is 8.53. The van der Waals surface area contributed by atoms with Crippen molar-refractivity contribution in [3.63, 3.8) is 0 Å². The highest BCUT2D eigenvalue weighted by Crippen LogP contribution is 2.51. The van der Waals surface area contributed by atoms with Crippen LogP contribution in [0.25, 0.3) is 0 Å². The molecule has 0 saturated heterocycles. The van der Waals surface area contributed by atoms with E-state index in [1.807, 2.05) is 51.4 Å². The van der Waals surface area contributed by atoms with Crippen LogP contribution in [0, 0.1) is 5.41 Å². The van der Waals surface area contributed by atoms with Gasteiger partial charge in [0.15, 0.2) is 0 Å². The quantitative estimate of drug-likeness (QED) is 0.789. The van der Waals surface area contributed by atoms with E-state index in [-0.39, 0.29) is 30.1 Å². The molecular weight excluding hydrogens is 360 g/mol. The van der Waals surface area contributed by atoms with E-state index in [2.05, 4.69) is 21.2 Å². The van der Waals surface area contributed by atoms with Crippen LogP contribution >= 0.6 is 15.9 Å². The second-order valence-corrected chi connectivity index (χ2v) is 8.02. The molecule has 0 bridgehead atoms. The molecule has 0 aromatic carbocycles. The smallest absolute Gasteiger partial charge is 0.268 e. The Kier molecular flexibility index (Phi) is 5.28. The fourth-order valence-corrected chi connectivity index (χ4v) is 3.77. The van der Waals surface area contributed by atoms with Crippen LogP contribution in [-0.2, 0) is 4.74 Å². The summed E-state index contributed by atoms with van der Waals surface area (Å²) in [5, 5.41) is 13.0. The van der Waals surface area contributed by atoms with Gasteiger partial charge in [-0.3, -0.25) is 4.79 Å². The highest BCUT2D eigenvalue weighted by Gasteiger charge is 2.61. The average Bonchev–Trinajstić information content (AvgIpc) is 2.88. The Morgan fingerprint density at radius 2 is 2.22 bits per heavy atom. The fourth-order valence-electron chi connectivity index (χ4n) is 3.34. The van der Waals surface area contributed by atoms with E-state index in [4.69, 9.17) is 4.74 Å². The zero-order valence-corrected chi connectivity index (χ0v) is 16.1. The first-order valence-corrected chi connectivity index (χ1v) is 8.90. The molecule has 2 N–H and O–H groups in total. The molecule has 1 heterocycles. The molecule has 5 nitrogen and oxygen atoms in total. The predicted octanol–water partition coefficient (Wildman–Crippen LogP) is 3.13. The maximum atomic E-state index is 12.8. The first-order chi connectivity index (χ1) is 10.7. The number of amides is 1. The molecular formula is C17H27BrN2O3. The number of aliphatic hydroxyl groups excluding tert-OH is 1. The molecule has 130 valence electrons. The normalized spacial score (nSPS) is 26.2. The molecule has 1 aromatic rings. The van der Waals surface area contributed by atoms with Gasteiger partial charge < -0.3 is 19.7 Å². The minimum Gasteiger partial charge on any atom is -0.394 e. The average molecular weight is 387 g/mol. The molecule has 1 aliphatic rings. The summed E-state index contributed by atoms with van der Waals surface area (Å²) in [7, 11) is 0. The van der Waals surface area contributed by atoms with Gasteiger partial charge in [0.25, 0.3) is 5.91 Å². The van der Waals surface area contributed by atoms with Crippen LogP contribution in [0.5, 0.6) is 0 Å². The van der Waals surface area contributed by atoms with Crippen LogP contribution in [0.15, 0.2) is 16.7 Å². The molecule has 1 amide bonds. The van der Waals surface area contributed by atoms with Crippen LogP contribution in [0.1, 0.15) is 57.6 Å². The summed E-state index contributed by atoms with van der Waals surface area (Å²) in [4.78, 5) is 12.8. The Bertz CT molecular complexity index is 582. The second kappa shape index (κ2) is 6.57. The van der Waals surface area contributed by atoms with Crippen molar-refractivity contribution in [2.75, 3.05) is 13.2 Å². The van der Waals surface area contributed by atoms with Gasteiger partial charge in [-0.1, -0.05) is 13.8 Å². The maximum absolute atomic E-state index is 12.8. The van der Waals surface area contributed by atoms with Crippen molar-refractivity contribution < 1.29 is 14.6 Å². The lowest BCUT2D eigenvalue weighted by atomic mass is 9.54. The Morgan fingerprint density at radius 1 is 1.57 bits per heavy atom. The number of halogens is 1. The zero-order chi connectivity index (χ0) is 17.4. The highest BCUT2D eigenvalue weighted by atomic mass is 79.9. The van der Waals surface area contributed by atoms with Crippen molar-refractivity contribution in [3.8, 4) is 0 Å². The number of aliphatic hydroxyl groups is 1. The molecule has 1 aliphatic carbocycles. The van der Waals surface area contributed by atoms with Gasteiger partial charge in [0.05, 0.1) is 18.2 Å². The van der Waals surface area contributed by atoms with Gasteiger partial charge in [0, 0.05) is 35.2 Å². The van der Waals surface area contributed by atoms with E-state index in [0.29, 0.717) is 18.7 Å². The Morgan fingerprint density at radius 3 is 2.70 bits per heavy atom. The molecule has 1 saturated carbocycles. The van der Waals surface area contributed by atoms with Gasteiger partial charge in [-0.2, -0.15) is 0 Å². The molecule has 1 fully saturated rings. The van der Waals surface area contributed by atoms with Crippen LogP contribution in [0.4, 0.5) is 0 Å². The fraction of sp³-hybridized carbons (Fsp3) is 0.706. The monoisotopic (exact) mass is 386 g/mol. The third-order valence-electron chi connectivity index (χ3n) is 5.17. The third kappa shape index (κ3) is 3.08. The number of carbonyl (C=O) groups is 1. The lowest BCUT2D eigenvalue weighted by molar-refractivity contribution is -0.172. The molecule has 1 aromatic heterocycles. The van der Waals surface area contributed by atoms with Gasteiger partial charge in [0.2, 0.25) is 0 Å². The summed E-state index contributed by atoms with van der Waals surface area (Å²) in [6.07, 6.45) is 2.57. The minimum absolute atomic E-state index is 0.0450. The zero-order valence-electron chi connectivity index (χ0n) is 14.5. The number of hydrogen-bond donors (Lipinski definition) is 2. The molecule has 0 radical (unpaired) electrons. The summed E-state index contributed by atoms with van der Waals surface area (Å²) >= 11 is 3.43. The van der Waals surface area contributed by atoms with Crippen LogP contribution < -0.4 is 5.32 Å². The lowest BCUT2D eigenvalue weighted by Crippen LogP contribution is -2.74. The molecule has 0 aliphatic heterocycles. The Hall–Kier alpha value is -0.850. The van der Waals surface area contributed by atoms with E-state index in [1.165, 1.54) is 0 Å². The van der Waals surface area contributed by atoms with Crippen molar-refractivity contribution in [1.82, 2.24) is 9.88 Å². The van der Waals surface area contributed by atoms with Gasteiger partial charge >= 0.3 is 0 Å². The van der Waals surface area contributed by atoms with E-state index in [0.717, 1.165) is 4.47 Å². The number of aromatic nitrogens is 1. The van der Waals surface area contributed by atoms with Crippen molar-refractivity contribution in [1.29, 1.82) is 0 Å². The first-order valence-electron chi connectivity index (χ1n) is 8.11. The SMILES string of the molecule is CCO[C@H]1C[C@@](CO)(NC(=O)c2cc(Br)cn2C(C)C)C1(C)C. The van der Waals surface area contributed by atoms with E-state index in [9.17, 15) is 9.90 Å². The molecule has 6 heteroatoms. The Balaban J connectivity index is 2.22. The van der Waals surface area contributed by atoms with Crippen molar-refractivity contribution in [2.45, 2.75) is 58.7 Å². The van der Waals surface area contributed by atoms with E-state index < -0.39 is 5.54 Å². The van der Waals surface area contributed by atoms with E-state index in [1.54, 1.807) is 0 Å². The van der Waals surface area contributed by atoms with Crippen molar-refractivity contribution >= 4 is 21.8 Å². The summed E-state index contributed by atoms with van der Waals surface area (Å²) in [6.45, 7) is 10.6. The first kappa shape index (κ1) is 18.5. The summed E-state index contributed by atoms with van der Waals surface area (Å²) in [6, 6.07) is 1.99. The number of rotatable bonds is 6. The van der Waals surface area contributed by atoms with Gasteiger partial charge in [-0.15, -0.1) is 0 Å². The molecule has 2 rings (SSSR count). The molecule has 23 heavy (non-hydrogen) atoms. The number of carbonyl (C=O) groups excluding carboxylic acids is 1. The topological polar surface area (TPSA) is 63.5 Å². The number of nitrogens with zero attached hydrogens (tertiary/aromatic N) is 1. The highest BCUT2D eigenvalue weighted by molar-refractivity contribution is 9.10. The molecule has 0 unspecified atom stereocenters. The van der Waals surface area contributed by atoms with Gasteiger partial charge in [0.1, 0.15) is 5.69 Å². The van der Waals surface area contributed by atoms with Gasteiger partial charge in [-0.25, -0.2) is 0 Å². The Labute approximate surface area is 146 Å². The van der Waals surface area contributed by atoms with Crippen molar-refractivity contribution in [2.24, 2.45) is 5.41 Å². The third-order valence-corrected chi connectivity index (χ3v) is 5.60. The lowest BCUT2D eigenvalue weighted by Gasteiger charge is -2.60. The standard InChI is InChI=1S/C17H27BrN2O3/c1-6-23-14-8-17(10-21,16(14,4)5)19-15(22)13-7-12(18)9-20(13)11(2)3/h7,9,11,14,21H,6,8,10H2,1-5H3,(H,19,22)/t14-,17-/m0/s1. The van der Waals surface area contributed by atoms with E-state index >= 15 is 0 Å². The van der Waals surface area contributed by atoms with Crippen LogP contribution in [-0.4, -0.2) is 40.4 Å².